The van der Waals surface area contributed by atoms with Crippen LogP contribution in [-0.2, 0) is 11.2 Å². The molecule has 1 aliphatic heterocycles. The fourth-order valence-electron chi connectivity index (χ4n) is 2.04. The molecule has 0 bridgehead atoms. The van der Waals surface area contributed by atoms with E-state index in [4.69, 9.17) is 5.73 Å². The predicted molar refractivity (Wildman–Crippen MR) is 61.8 cm³/mol. The van der Waals surface area contributed by atoms with Gasteiger partial charge in [0.15, 0.2) is 0 Å². The Morgan fingerprint density at radius 2 is 2.33 bits per heavy atom. The molecule has 1 aromatic heterocycles. The average molecular weight is 224 g/mol. The molecule has 1 saturated heterocycles. The summed E-state index contributed by atoms with van der Waals surface area (Å²) in [5.74, 6) is 0.152. The smallest absolute Gasteiger partial charge is 0.224 e. The van der Waals surface area contributed by atoms with Crippen molar-refractivity contribution in [2.75, 3.05) is 7.05 Å². The van der Waals surface area contributed by atoms with Crippen LogP contribution in [0.3, 0.4) is 0 Å². The Bertz CT molecular complexity index is 374. The van der Waals surface area contributed by atoms with Crippen molar-refractivity contribution in [1.29, 1.82) is 0 Å². The van der Waals surface area contributed by atoms with E-state index in [0.29, 0.717) is 6.42 Å². The molecule has 82 valence electrons. The van der Waals surface area contributed by atoms with Crippen LogP contribution in [-0.4, -0.2) is 23.9 Å². The second-order valence-electron chi connectivity index (χ2n) is 3.98. The van der Waals surface area contributed by atoms with Gasteiger partial charge in [0, 0.05) is 29.3 Å². The van der Waals surface area contributed by atoms with Crippen molar-refractivity contribution >= 4 is 17.2 Å². The number of thiophene rings is 1. The highest BCUT2D eigenvalue weighted by Gasteiger charge is 2.36. The highest BCUT2D eigenvalue weighted by molar-refractivity contribution is 7.12. The number of nitrogens with zero attached hydrogens (tertiary/aromatic N) is 1. The van der Waals surface area contributed by atoms with Crippen LogP contribution in [0.25, 0.3) is 0 Å². The second kappa shape index (κ2) is 3.94. The first-order valence-electron chi connectivity index (χ1n) is 5.23. The van der Waals surface area contributed by atoms with Gasteiger partial charge in [-0.2, -0.15) is 0 Å². The zero-order chi connectivity index (χ0) is 11.0. The maximum atomic E-state index is 11.5. The number of amides is 1. The van der Waals surface area contributed by atoms with E-state index >= 15 is 0 Å². The Kier molecular flexibility index (Phi) is 2.80. The molecule has 1 aromatic rings. The standard InChI is InChI=1S/C11H16N2OS/c1-3-7-4-5-9(15-7)11-8(12)6-10(14)13(11)2/h4-5,8,11H,3,6,12H2,1-2H3. The lowest BCUT2D eigenvalue weighted by atomic mass is 10.1. The Balaban J connectivity index is 2.26. The maximum Gasteiger partial charge on any atom is 0.224 e. The van der Waals surface area contributed by atoms with Crippen LogP contribution in [0.15, 0.2) is 12.1 Å². The summed E-state index contributed by atoms with van der Waals surface area (Å²) in [6, 6.07) is 4.26. The fraction of sp³-hybridized carbons (Fsp3) is 0.545. The molecule has 1 fully saturated rings. The number of carbonyl (C=O) groups is 1. The van der Waals surface area contributed by atoms with Gasteiger partial charge >= 0.3 is 0 Å². The first-order valence-corrected chi connectivity index (χ1v) is 6.05. The fourth-order valence-corrected chi connectivity index (χ4v) is 3.22. The van der Waals surface area contributed by atoms with Gasteiger partial charge in [0.1, 0.15) is 0 Å². The van der Waals surface area contributed by atoms with E-state index in [1.165, 1.54) is 9.75 Å². The number of carbonyl (C=O) groups excluding carboxylic acids is 1. The number of likely N-dealkylation sites (N-methyl/N-ethyl adjacent to an activating group) is 1. The Hall–Kier alpha value is -0.870. The van der Waals surface area contributed by atoms with Crippen LogP contribution in [0.2, 0.25) is 0 Å². The predicted octanol–water partition coefficient (Wildman–Crippen LogP) is 1.54. The molecule has 0 aliphatic carbocycles. The van der Waals surface area contributed by atoms with Gasteiger partial charge in [-0.25, -0.2) is 0 Å². The van der Waals surface area contributed by atoms with Crippen LogP contribution in [0.1, 0.15) is 29.1 Å². The van der Waals surface area contributed by atoms with Crippen molar-refractivity contribution in [2.24, 2.45) is 5.73 Å². The molecule has 15 heavy (non-hydrogen) atoms. The van der Waals surface area contributed by atoms with Crippen molar-refractivity contribution < 1.29 is 4.79 Å². The molecule has 0 aromatic carbocycles. The molecule has 0 spiro atoms. The van der Waals surface area contributed by atoms with Gasteiger partial charge < -0.3 is 10.6 Å². The van der Waals surface area contributed by atoms with E-state index in [-0.39, 0.29) is 18.0 Å². The van der Waals surface area contributed by atoms with Crippen LogP contribution in [0.4, 0.5) is 0 Å². The minimum absolute atomic E-state index is 0.0501. The van der Waals surface area contributed by atoms with Crippen LogP contribution < -0.4 is 5.73 Å². The van der Waals surface area contributed by atoms with E-state index in [1.807, 2.05) is 7.05 Å². The average Bonchev–Trinajstić information content (AvgIpc) is 2.74. The van der Waals surface area contributed by atoms with Gasteiger partial charge in [-0.1, -0.05) is 6.92 Å². The van der Waals surface area contributed by atoms with Crippen molar-refractivity contribution in [2.45, 2.75) is 31.8 Å². The summed E-state index contributed by atoms with van der Waals surface area (Å²) in [7, 11) is 1.84. The van der Waals surface area contributed by atoms with Gasteiger partial charge in [-0.3, -0.25) is 4.79 Å². The number of hydrogen-bond acceptors (Lipinski definition) is 3. The lowest BCUT2D eigenvalue weighted by Crippen LogP contribution is -2.29. The summed E-state index contributed by atoms with van der Waals surface area (Å²) in [5, 5.41) is 0. The maximum absolute atomic E-state index is 11.5. The third-order valence-electron chi connectivity index (χ3n) is 2.95. The van der Waals surface area contributed by atoms with Crippen molar-refractivity contribution in [3.8, 4) is 0 Å². The third-order valence-corrected chi connectivity index (χ3v) is 4.25. The first-order chi connectivity index (χ1) is 7.13. The SMILES string of the molecule is CCc1ccc(C2C(N)CC(=O)N2C)s1. The molecule has 3 nitrogen and oxygen atoms in total. The molecule has 4 heteroatoms. The van der Waals surface area contributed by atoms with Gasteiger partial charge in [0.05, 0.1) is 6.04 Å². The minimum atomic E-state index is -0.0501. The van der Waals surface area contributed by atoms with Gasteiger partial charge in [0.25, 0.3) is 0 Å². The molecule has 2 rings (SSSR count). The number of hydrogen-bond donors (Lipinski definition) is 1. The number of rotatable bonds is 2. The summed E-state index contributed by atoms with van der Waals surface area (Å²) in [5.41, 5.74) is 5.99. The molecule has 1 aliphatic rings. The normalized spacial score (nSPS) is 26.3. The topological polar surface area (TPSA) is 46.3 Å². The van der Waals surface area contributed by atoms with Gasteiger partial charge in [0.2, 0.25) is 5.91 Å². The van der Waals surface area contributed by atoms with E-state index in [2.05, 4.69) is 19.1 Å². The lowest BCUT2D eigenvalue weighted by Gasteiger charge is -2.21. The zero-order valence-corrected chi connectivity index (χ0v) is 9.88. The van der Waals surface area contributed by atoms with E-state index in [0.717, 1.165) is 6.42 Å². The van der Waals surface area contributed by atoms with E-state index in [9.17, 15) is 4.79 Å². The monoisotopic (exact) mass is 224 g/mol. The summed E-state index contributed by atoms with van der Waals surface area (Å²) in [6.07, 6.45) is 1.52. The van der Waals surface area contributed by atoms with Crippen LogP contribution in [0.5, 0.6) is 0 Å². The number of aryl methyl sites for hydroxylation is 1. The Labute approximate surface area is 93.9 Å². The van der Waals surface area contributed by atoms with Crippen molar-refractivity contribution in [1.82, 2.24) is 4.90 Å². The quantitative estimate of drug-likeness (QED) is 0.828. The summed E-state index contributed by atoms with van der Waals surface area (Å²) < 4.78 is 0. The summed E-state index contributed by atoms with van der Waals surface area (Å²) >= 11 is 1.77. The van der Waals surface area contributed by atoms with Crippen molar-refractivity contribution in [3.63, 3.8) is 0 Å². The highest BCUT2D eigenvalue weighted by atomic mass is 32.1. The third kappa shape index (κ3) is 1.79. The highest BCUT2D eigenvalue weighted by Crippen LogP contribution is 2.34. The molecular weight excluding hydrogens is 208 g/mol. The lowest BCUT2D eigenvalue weighted by molar-refractivity contribution is -0.127. The second-order valence-corrected chi connectivity index (χ2v) is 5.17. The van der Waals surface area contributed by atoms with E-state index in [1.54, 1.807) is 16.2 Å². The Morgan fingerprint density at radius 3 is 2.80 bits per heavy atom. The molecule has 2 atom stereocenters. The minimum Gasteiger partial charge on any atom is -0.336 e. The van der Waals surface area contributed by atoms with Gasteiger partial charge in [-0.15, -0.1) is 11.3 Å². The van der Waals surface area contributed by atoms with Crippen LogP contribution in [0, 0.1) is 0 Å². The summed E-state index contributed by atoms with van der Waals surface area (Å²) in [6.45, 7) is 2.14. The molecule has 0 radical (unpaired) electrons. The molecule has 2 heterocycles. The molecule has 2 unspecified atom stereocenters. The van der Waals surface area contributed by atoms with Gasteiger partial charge in [-0.05, 0) is 18.6 Å². The first kappa shape index (κ1) is 10.6. The molecular formula is C11H16N2OS. The molecule has 2 N–H and O–H groups in total. The largest absolute Gasteiger partial charge is 0.336 e. The van der Waals surface area contributed by atoms with Crippen LogP contribution >= 0.6 is 11.3 Å². The summed E-state index contributed by atoms with van der Waals surface area (Å²) in [4.78, 5) is 15.8. The molecule has 1 amide bonds. The number of nitrogens with two attached hydrogens (primary N) is 1. The Morgan fingerprint density at radius 1 is 1.60 bits per heavy atom. The van der Waals surface area contributed by atoms with E-state index < -0.39 is 0 Å². The number of likely N-dealkylation sites (tertiary alicyclic amines) is 1. The van der Waals surface area contributed by atoms with Crippen molar-refractivity contribution in [3.05, 3.63) is 21.9 Å². The molecule has 0 saturated carbocycles. The zero-order valence-electron chi connectivity index (χ0n) is 9.06.